The van der Waals surface area contributed by atoms with Crippen LogP contribution in [0.25, 0.3) is 0 Å². The Morgan fingerprint density at radius 3 is 2.96 bits per heavy atom. The molecule has 0 saturated carbocycles. The average molecular weight is 381 g/mol. The van der Waals surface area contributed by atoms with Crippen LogP contribution in [0, 0.1) is 6.92 Å². The molecule has 7 heteroatoms. The normalized spacial score (nSPS) is 18.8. The van der Waals surface area contributed by atoms with Gasteiger partial charge in [0, 0.05) is 31.6 Å². The van der Waals surface area contributed by atoms with Gasteiger partial charge in [0.25, 0.3) is 0 Å². The van der Waals surface area contributed by atoms with Crippen LogP contribution in [0.1, 0.15) is 37.2 Å². The fourth-order valence-electron chi connectivity index (χ4n) is 2.96. The maximum Gasteiger partial charge on any atom is 0.303 e. The summed E-state index contributed by atoms with van der Waals surface area (Å²) in [5.74, 6) is 2.53. The van der Waals surface area contributed by atoms with Gasteiger partial charge in [0.2, 0.25) is 5.91 Å². The van der Waals surface area contributed by atoms with Crippen molar-refractivity contribution in [3.05, 3.63) is 35.8 Å². The van der Waals surface area contributed by atoms with E-state index < -0.39 is 12.1 Å². The molecule has 2 heterocycles. The minimum Gasteiger partial charge on any atom is -0.481 e. The smallest absolute Gasteiger partial charge is 0.303 e. The number of carboxylic acid groups (broad SMARTS) is 1. The van der Waals surface area contributed by atoms with Crippen molar-refractivity contribution in [3.8, 4) is 0 Å². The highest BCUT2D eigenvalue weighted by Crippen LogP contribution is 2.21. The Labute approximate surface area is 158 Å². The molecule has 26 heavy (non-hydrogen) atoms. The number of hydrogen-bond donors (Lipinski definition) is 2. The lowest BCUT2D eigenvalue weighted by Crippen LogP contribution is -2.34. The Bertz CT molecular complexity index is 627. The highest BCUT2D eigenvalue weighted by molar-refractivity contribution is 7.99. The Balaban J connectivity index is 1.74. The maximum atomic E-state index is 12.1. The third-order valence-corrected chi connectivity index (χ3v) is 5.34. The fourth-order valence-corrected chi connectivity index (χ4v) is 3.84. The summed E-state index contributed by atoms with van der Waals surface area (Å²) in [4.78, 5) is 24.4. The van der Waals surface area contributed by atoms with Gasteiger partial charge in [-0.15, -0.1) is 0 Å². The van der Waals surface area contributed by atoms with E-state index in [9.17, 15) is 14.7 Å². The van der Waals surface area contributed by atoms with Gasteiger partial charge in [-0.2, -0.15) is 11.8 Å². The third kappa shape index (κ3) is 6.88. The van der Waals surface area contributed by atoms with Gasteiger partial charge < -0.3 is 19.5 Å². The first-order chi connectivity index (χ1) is 12.5. The molecule has 0 bridgehead atoms. The lowest BCUT2D eigenvalue weighted by atomic mass is 10.1. The Hall–Kier alpha value is -1.73. The zero-order valence-corrected chi connectivity index (χ0v) is 15.9. The molecule has 1 saturated heterocycles. The van der Waals surface area contributed by atoms with E-state index >= 15 is 0 Å². The summed E-state index contributed by atoms with van der Waals surface area (Å²) in [6.45, 7) is 2.52. The number of hydrogen-bond acceptors (Lipinski definition) is 5. The van der Waals surface area contributed by atoms with Crippen LogP contribution < -0.4 is 0 Å². The molecule has 1 fully saturated rings. The molecule has 0 radical (unpaired) electrons. The maximum absolute atomic E-state index is 12.1. The summed E-state index contributed by atoms with van der Waals surface area (Å²) in [5, 5.41) is 18.8. The van der Waals surface area contributed by atoms with Crippen molar-refractivity contribution in [1.82, 2.24) is 4.90 Å². The van der Waals surface area contributed by atoms with Gasteiger partial charge in [-0.05, 0) is 37.7 Å². The van der Waals surface area contributed by atoms with Crippen LogP contribution in [-0.4, -0.2) is 57.2 Å². The van der Waals surface area contributed by atoms with Crippen LogP contribution in [0.5, 0.6) is 0 Å². The van der Waals surface area contributed by atoms with Crippen LogP contribution >= 0.6 is 11.8 Å². The van der Waals surface area contributed by atoms with Gasteiger partial charge in [0.05, 0.1) is 12.1 Å². The van der Waals surface area contributed by atoms with Crippen molar-refractivity contribution in [2.24, 2.45) is 0 Å². The zero-order chi connectivity index (χ0) is 18.9. The van der Waals surface area contributed by atoms with Gasteiger partial charge in [-0.25, -0.2) is 0 Å². The number of aliphatic hydroxyl groups excluding tert-OH is 1. The molecule has 2 N–H and O–H groups in total. The number of carbonyl (C=O) groups is 2. The Kier molecular flexibility index (Phi) is 8.25. The Morgan fingerprint density at radius 1 is 1.46 bits per heavy atom. The molecule has 0 unspecified atom stereocenters. The number of thioether (sulfide) groups is 1. The second-order valence-corrected chi connectivity index (χ2v) is 7.70. The highest BCUT2D eigenvalue weighted by Gasteiger charge is 2.28. The SMILES string of the molecule is Cc1ccc(C[C@H](O)C=C[C@H]2CCC(=O)N2CCSCCCC(=O)O)o1. The highest BCUT2D eigenvalue weighted by atomic mass is 32.2. The second kappa shape index (κ2) is 10.4. The van der Waals surface area contributed by atoms with Crippen LogP contribution in [0.2, 0.25) is 0 Å². The standard InChI is InChI=1S/C19H27NO5S/c1-14-4-8-17(25-14)13-16(21)7-5-15-6-9-18(22)20(15)10-12-26-11-2-3-19(23)24/h4-5,7-8,15-16,21H,2-3,6,9-13H2,1H3,(H,23,24)/t15-,16+/m0/s1. The largest absolute Gasteiger partial charge is 0.481 e. The van der Waals surface area contributed by atoms with E-state index in [0.29, 0.717) is 25.8 Å². The first-order valence-corrected chi connectivity index (χ1v) is 10.1. The van der Waals surface area contributed by atoms with Crippen LogP contribution in [0.3, 0.4) is 0 Å². The van der Waals surface area contributed by atoms with E-state index in [0.717, 1.165) is 29.4 Å². The number of likely N-dealkylation sites (tertiary alicyclic amines) is 1. The molecule has 0 aromatic carbocycles. The minimum atomic E-state index is -0.770. The molecule has 144 valence electrons. The first-order valence-electron chi connectivity index (χ1n) is 8.96. The van der Waals surface area contributed by atoms with Crippen LogP contribution in [-0.2, 0) is 16.0 Å². The number of rotatable bonds is 11. The molecule has 0 spiro atoms. The third-order valence-electron chi connectivity index (χ3n) is 4.29. The minimum absolute atomic E-state index is 0.0232. The number of furan rings is 1. The lowest BCUT2D eigenvalue weighted by Gasteiger charge is -2.22. The number of aliphatic hydroxyl groups is 1. The molecule has 1 aliphatic heterocycles. The molecular weight excluding hydrogens is 354 g/mol. The van der Waals surface area contributed by atoms with Crippen LogP contribution in [0.15, 0.2) is 28.7 Å². The molecule has 1 amide bonds. The summed E-state index contributed by atoms with van der Waals surface area (Å²) in [5.41, 5.74) is 0. The number of nitrogens with zero attached hydrogens (tertiary/aromatic N) is 1. The predicted octanol–water partition coefficient (Wildman–Crippen LogP) is 2.64. The number of carbonyl (C=O) groups excluding carboxylic acids is 1. The predicted molar refractivity (Wildman–Crippen MR) is 101 cm³/mol. The Morgan fingerprint density at radius 2 is 2.27 bits per heavy atom. The van der Waals surface area contributed by atoms with E-state index in [1.54, 1.807) is 17.8 Å². The molecule has 6 nitrogen and oxygen atoms in total. The first kappa shape index (κ1) is 20.6. The van der Waals surface area contributed by atoms with Crippen molar-refractivity contribution in [2.45, 2.75) is 51.2 Å². The summed E-state index contributed by atoms with van der Waals surface area (Å²) in [6, 6.07) is 3.76. The molecule has 2 atom stereocenters. The van der Waals surface area contributed by atoms with Crippen molar-refractivity contribution in [3.63, 3.8) is 0 Å². The summed E-state index contributed by atoms with van der Waals surface area (Å²) in [6.07, 6.45) is 5.59. The monoisotopic (exact) mass is 381 g/mol. The number of aryl methyl sites for hydroxylation is 1. The van der Waals surface area contributed by atoms with Crippen molar-refractivity contribution in [2.75, 3.05) is 18.1 Å². The van der Waals surface area contributed by atoms with Gasteiger partial charge in [-0.3, -0.25) is 9.59 Å². The van der Waals surface area contributed by atoms with E-state index in [2.05, 4.69) is 0 Å². The molecule has 0 aliphatic carbocycles. The fraction of sp³-hybridized carbons (Fsp3) is 0.579. The summed E-state index contributed by atoms with van der Waals surface area (Å²) in [7, 11) is 0. The van der Waals surface area contributed by atoms with Gasteiger partial charge in [0.15, 0.2) is 0 Å². The molecule has 1 aromatic heterocycles. The molecule has 1 aromatic rings. The number of amides is 1. The van der Waals surface area contributed by atoms with E-state index in [-0.39, 0.29) is 18.4 Å². The molecule has 1 aliphatic rings. The van der Waals surface area contributed by atoms with Gasteiger partial charge in [-0.1, -0.05) is 12.2 Å². The zero-order valence-electron chi connectivity index (χ0n) is 15.1. The van der Waals surface area contributed by atoms with Crippen LogP contribution in [0.4, 0.5) is 0 Å². The van der Waals surface area contributed by atoms with E-state index in [4.69, 9.17) is 9.52 Å². The molecular formula is C19H27NO5S. The topological polar surface area (TPSA) is 91.0 Å². The second-order valence-electron chi connectivity index (χ2n) is 6.47. The van der Waals surface area contributed by atoms with Crippen molar-refractivity contribution < 1.29 is 24.2 Å². The quantitative estimate of drug-likeness (QED) is 0.452. The summed E-state index contributed by atoms with van der Waals surface area (Å²) >= 11 is 1.67. The average Bonchev–Trinajstić information content (AvgIpc) is 3.14. The van der Waals surface area contributed by atoms with Gasteiger partial charge in [0.1, 0.15) is 11.5 Å². The summed E-state index contributed by atoms with van der Waals surface area (Å²) < 4.78 is 5.47. The van der Waals surface area contributed by atoms with E-state index in [1.165, 1.54) is 0 Å². The van der Waals surface area contributed by atoms with Crippen molar-refractivity contribution in [1.29, 1.82) is 0 Å². The van der Waals surface area contributed by atoms with Crippen molar-refractivity contribution >= 4 is 23.6 Å². The van der Waals surface area contributed by atoms with E-state index in [1.807, 2.05) is 30.0 Å². The molecule has 2 rings (SSSR count). The lowest BCUT2D eigenvalue weighted by molar-refractivity contribution is -0.137. The number of aliphatic carboxylic acids is 1. The van der Waals surface area contributed by atoms with Gasteiger partial charge >= 0.3 is 5.97 Å². The number of carboxylic acids is 1.